The van der Waals surface area contributed by atoms with Crippen LogP contribution in [0.4, 0.5) is 0 Å². The zero-order valence-corrected chi connectivity index (χ0v) is 9.25. The molecular formula is C10H20N2S. The van der Waals surface area contributed by atoms with Crippen LogP contribution in [-0.2, 0) is 0 Å². The van der Waals surface area contributed by atoms with E-state index in [9.17, 15) is 0 Å². The average Bonchev–Trinajstić information content (AvgIpc) is 2.64. The Morgan fingerprint density at radius 3 is 2.62 bits per heavy atom. The molecular weight excluding hydrogens is 180 g/mol. The average molecular weight is 200 g/mol. The third kappa shape index (κ3) is 4.46. The van der Waals surface area contributed by atoms with Crippen molar-refractivity contribution in [2.75, 3.05) is 13.1 Å². The van der Waals surface area contributed by atoms with Gasteiger partial charge in [-0.05, 0) is 37.4 Å². The van der Waals surface area contributed by atoms with Gasteiger partial charge in [0.15, 0.2) is 5.11 Å². The Hall–Kier alpha value is -0.310. The summed E-state index contributed by atoms with van der Waals surface area (Å²) < 4.78 is 0. The molecule has 0 heterocycles. The molecule has 0 saturated heterocycles. The second kappa shape index (κ2) is 6.19. The molecule has 0 aliphatic heterocycles. The van der Waals surface area contributed by atoms with Gasteiger partial charge in [-0.15, -0.1) is 0 Å². The molecule has 1 aliphatic rings. The molecule has 0 unspecified atom stereocenters. The van der Waals surface area contributed by atoms with Crippen molar-refractivity contribution < 1.29 is 0 Å². The van der Waals surface area contributed by atoms with E-state index in [1.54, 1.807) is 0 Å². The minimum absolute atomic E-state index is 0.828. The maximum Gasteiger partial charge on any atom is 0.166 e. The van der Waals surface area contributed by atoms with Crippen molar-refractivity contribution in [3.05, 3.63) is 0 Å². The zero-order chi connectivity index (χ0) is 9.52. The summed E-state index contributed by atoms with van der Waals surface area (Å²) in [6, 6.07) is 0. The van der Waals surface area contributed by atoms with E-state index in [4.69, 9.17) is 12.2 Å². The topological polar surface area (TPSA) is 24.1 Å². The van der Waals surface area contributed by atoms with Gasteiger partial charge in [0.05, 0.1) is 0 Å². The van der Waals surface area contributed by atoms with Gasteiger partial charge in [0.1, 0.15) is 0 Å². The number of nitrogens with one attached hydrogen (secondary N) is 2. The second-order valence-corrected chi connectivity index (χ2v) is 4.20. The van der Waals surface area contributed by atoms with Crippen LogP contribution in [0.5, 0.6) is 0 Å². The molecule has 0 radical (unpaired) electrons. The summed E-state index contributed by atoms with van der Waals surface area (Å²) in [7, 11) is 0. The highest BCUT2D eigenvalue weighted by Crippen LogP contribution is 2.23. The minimum Gasteiger partial charge on any atom is -0.363 e. The summed E-state index contributed by atoms with van der Waals surface area (Å²) in [4.78, 5) is 0. The van der Waals surface area contributed by atoms with Crippen LogP contribution in [0.25, 0.3) is 0 Å². The number of hydrogen-bond donors (Lipinski definition) is 2. The van der Waals surface area contributed by atoms with Gasteiger partial charge in [-0.2, -0.15) is 0 Å². The van der Waals surface area contributed by atoms with E-state index in [1.165, 1.54) is 25.7 Å². The highest BCUT2D eigenvalue weighted by atomic mass is 32.1. The SMILES string of the molecule is CCCNC(=S)NCC1CCCC1. The number of rotatable bonds is 4. The minimum atomic E-state index is 0.828. The van der Waals surface area contributed by atoms with Gasteiger partial charge in [-0.1, -0.05) is 19.8 Å². The van der Waals surface area contributed by atoms with E-state index in [2.05, 4.69) is 17.6 Å². The Bertz CT molecular complexity index is 153. The summed E-state index contributed by atoms with van der Waals surface area (Å²) in [6.45, 7) is 4.19. The lowest BCUT2D eigenvalue weighted by Crippen LogP contribution is -2.37. The van der Waals surface area contributed by atoms with Crippen molar-refractivity contribution in [1.82, 2.24) is 10.6 Å². The molecule has 0 spiro atoms. The molecule has 0 amide bonds. The van der Waals surface area contributed by atoms with Gasteiger partial charge < -0.3 is 10.6 Å². The van der Waals surface area contributed by atoms with Crippen LogP contribution in [0, 0.1) is 5.92 Å². The first-order valence-electron chi connectivity index (χ1n) is 5.34. The highest BCUT2D eigenvalue weighted by molar-refractivity contribution is 7.80. The maximum absolute atomic E-state index is 5.13. The molecule has 1 saturated carbocycles. The van der Waals surface area contributed by atoms with E-state index in [1.807, 2.05) is 0 Å². The Morgan fingerprint density at radius 1 is 1.31 bits per heavy atom. The van der Waals surface area contributed by atoms with E-state index in [-0.39, 0.29) is 0 Å². The summed E-state index contributed by atoms with van der Waals surface area (Å²) in [5, 5.41) is 7.28. The Morgan fingerprint density at radius 2 is 2.00 bits per heavy atom. The largest absolute Gasteiger partial charge is 0.363 e. The van der Waals surface area contributed by atoms with Crippen molar-refractivity contribution in [2.24, 2.45) is 5.92 Å². The van der Waals surface area contributed by atoms with Crippen LogP contribution in [0.1, 0.15) is 39.0 Å². The molecule has 0 aromatic heterocycles. The van der Waals surface area contributed by atoms with Crippen LogP contribution in [0.3, 0.4) is 0 Å². The van der Waals surface area contributed by atoms with Crippen molar-refractivity contribution in [3.63, 3.8) is 0 Å². The van der Waals surface area contributed by atoms with Gasteiger partial charge in [-0.25, -0.2) is 0 Å². The molecule has 1 rings (SSSR count). The van der Waals surface area contributed by atoms with Crippen LogP contribution in [0.2, 0.25) is 0 Å². The van der Waals surface area contributed by atoms with Crippen molar-refractivity contribution in [1.29, 1.82) is 0 Å². The van der Waals surface area contributed by atoms with Gasteiger partial charge in [0.25, 0.3) is 0 Å². The molecule has 0 bridgehead atoms. The second-order valence-electron chi connectivity index (χ2n) is 3.79. The zero-order valence-electron chi connectivity index (χ0n) is 8.44. The Labute approximate surface area is 86.5 Å². The summed E-state index contributed by atoms with van der Waals surface area (Å²) in [5.74, 6) is 0.862. The third-order valence-corrected chi connectivity index (χ3v) is 2.85. The molecule has 76 valence electrons. The predicted molar refractivity (Wildman–Crippen MR) is 60.9 cm³/mol. The molecule has 13 heavy (non-hydrogen) atoms. The fraction of sp³-hybridized carbons (Fsp3) is 0.900. The quantitative estimate of drug-likeness (QED) is 0.679. The maximum atomic E-state index is 5.13. The van der Waals surface area contributed by atoms with Crippen molar-refractivity contribution >= 4 is 17.3 Å². The lowest BCUT2D eigenvalue weighted by atomic mass is 10.1. The Balaban J connectivity index is 2.00. The molecule has 1 fully saturated rings. The van der Waals surface area contributed by atoms with E-state index in [0.717, 1.165) is 30.5 Å². The Kier molecular flexibility index (Phi) is 5.13. The van der Waals surface area contributed by atoms with Gasteiger partial charge in [0.2, 0.25) is 0 Å². The lowest BCUT2D eigenvalue weighted by molar-refractivity contribution is 0.533. The summed E-state index contributed by atoms with van der Waals surface area (Å²) in [6.07, 6.45) is 6.70. The molecule has 0 atom stereocenters. The monoisotopic (exact) mass is 200 g/mol. The first-order valence-corrected chi connectivity index (χ1v) is 5.75. The molecule has 3 heteroatoms. The van der Waals surface area contributed by atoms with Crippen LogP contribution >= 0.6 is 12.2 Å². The van der Waals surface area contributed by atoms with Crippen molar-refractivity contribution in [2.45, 2.75) is 39.0 Å². The highest BCUT2D eigenvalue weighted by Gasteiger charge is 2.14. The van der Waals surface area contributed by atoms with Crippen LogP contribution < -0.4 is 10.6 Å². The number of thiocarbonyl (C=S) groups is 1. The van der Waals surface area contributed by atoms with E-state index in [0.29, 0.717) is 0 Å². The molecule has 2 nitrogen and oxygen atoms in total. The van der Waals surface area contributed by atoms with Gasteiger partial charge in [0, 0.05) is 13.1 Å². The standard InChI is InChI=1S/C10H20N2S/c1-2-7-11-10(13)12-8-9-5-3-4-6-9/h9H,2-8H2,1H3,(H2,11,12,13). The number of hydrogen-bond acceptors (Lipinski definition) is 1. The molecule has 0 aromatic rings. The first kappa shape index (κ1) is 10.8. The smallest absolute Gasteiger partial charge is 0.166 e. The van der Waals surface area contributed by atoms with Crippen LogP contribution in [-0.4, -0.2) is 18.2 Å². The van der Waals surface area contributed by atoms with Gasteiger partial charge >= 0.3 is 0 Å². The summed E-state index contributed by atoms with van der Waals surface area (Å²) in [5.41, 5.74) is 0. The van der Waals surface area contributed by atoms with Crippen LogP contribution in [0.15, 0.2) is 0 Å². The summed E-state index contributed by atoms with van der Waals surface area (Å²) >= 11 is 5.13. The van der Waals surface area contributed by atoms with E-state index < -0.39 is 0 Å². The lowest BCUT2D eigenvalue weighted by Gasteiger charge is -2.13. The molecule has 1 aliphatic carbocycles. The van der Waals surface area contributed by atoms with Gasteiger partial charge in [-0.3, -0.25) is 0 Å². The first-order chi connectivity index (χ1) is 6.33. The molecule has 0 aromatic carbocycles. The fourth-order valence-corrected chi connectivity index (χ4v) is 1.94. The predicted octanol–water partition coefficient (Wildman–Crippen LogP) is 2.05. The third-order valence-electron chi connectivity index (χ3n) is 2.56. The van der Waals surface area contributed by atoms with Crippen molar-refractivity contribution in [3.8, 4) is 0 Å². The molecule has 2 N–H and O–H groups in total. The fourth-order valence-electron chi connectivity index (χ4n) is 1.75. The normalized spacial score (nSPS) is 17.3. The van der Waals surface area contributed by atoms with E-state index >= 15 is 0 Å².